The summed E-state index contributed by atoms with van der Waals surface area (Å²) in [6.45, 7) is 11.0. The van der Waals surface area contributed by atoms with Crippen LogP contribution in [0.25, 0.3) is 16.9 Å². The number of carbonyl (C=O) groups excluding carboxylic acids is 1. The van der Waals surface area contributed by atoms with Crippen molar-refractivity contribution in [2.45, 2.75) is 46.6 Å². The fourth-order valence-corrected chi connectivity index (χ4v) is 5.04. The molecule has 194 valence electrons. The normalized spacial score (nSPS) is 12.0. The Morgan fingerprint density at radius 2 is 1.81 bits per heavy atom. The van der Waals surface area contributed by atoms with Crippen LogP contribution in [-0.4, -0.2) is 28.0 Å². The van der Waals surface area contributed by atoms with Crippen LogP contribution in [0.4, 0.5) is 10.2 Å². The molecule has 0 aliphatic carbocycles. The van der Waals surface area contributed by atoms with Gasteiger partial charge in [-0.15, -0.1) is 0 Å². The van der Waals surface area contributed by atoms with Crippen molar-refractivity contribution in [2.75, 3.05) is 12.4 Å². The summed E-state index contributed by atoms with van der Waals surface area (Å²) in [4.78, 5) is 17.5. The molecule has 0 amide bonds. The number of hydrogen-bond donors (Lipinski definition) is 1. The minimum absolute atomic E-state index is 0.115. The molecule has 2 aromatic heterocycles. The van der Waals surface area contributed by atoms with Crippen molar-refractivity contribution in [1.82, 2.24) is 9.38 Å². The summed E-state index contributed by atoms with van der Waals surface area (Å²) >= 11 is 3.57. The van der Waals surface area contributed by atoms with Gasteiger partial charge >= 0.3 is 5.97 Å². The standard InChI is InChI=1S/C29H31BrFN3O3/c1-28(2,3)17-29(4,5)33-26-25(32-24-13-11-20(30)16-34(24)26)18-10-12-22(23(15-18)36-6)37-27(35)19-8-7-9-21(31)14-19/h7-16,33H,17H2,1-6H3. The van der Waals surface area contributed by atoms with Gasteiger partial charge in [0.25, 0.3) is 0 Å². The number of pyridine rings is 1. The number of rotatable bonds is 7. The maximum Gasteiger partial charge on any atom is 0.343 e. The highest BCUT2D eigenvalue weighted by atomic mass is 79.9. The summed E-state index contributed by atoms with van der Waals surface area (Å²) in [7, 11) is 1.50. The van der Waals surface area contributed by atoms with E-state index in [9.17, 15) is 9.18 Å². The molecule has 0 radical (unpaired) electrons. The number of nitrogens with zero attached hydrogens (tertiary/aromatic N) is 2. The molecule has 2 aromatic carbocycles. The van der Waals surface area contributed by atoms with Gasteiger partial charge in [-0.2, -0.15) is 0 Å². The van der Waals surface area contributed by atoms with Crippen LogP contribution in [0.3, 0.4) is 0 Å². The van der Waals surface area contributed by atoms with E-state index in [0.29, 0.717) is 5.75 Å². The van der Waals surface area contributed by atoms with E-state index in [0.717, 1.165) is 39.7 Å². The van der Waals surface area contributed by atoms with Crippen LogP contribution in [0.2, 0.25) is 0 Å². The molecule has 0 bridgehead atoms. The van der Waals surface area contributed by atoms with Gasteiger partial charge in [-0.1, -0.05) is 26.8 Å². The molecule has 0 saturated carbocycles. The van der Waals surface area contributed by atoms with E-state index in [1.165, 1.54) is 25.3 Å². The number of hydrogen-bond acceptors (Lipinski definition) is 5. The molecule has 2 heterocycles. The highest BCUT2D eigenvalue weighted by Gasteiger charge is 2.28. The number of methoxy groups -OCH3 is 1. The van der Waals surface area contributed by atoms with Gasteiger partial charge in [-0.3, -0.25) is 4.40 Å². The zero-order chi connectivity index (χ0) is 27.0. The van der Waals surface area contributed by atoms with Gasteiger partial charge in [0, 0.05) is 21.8 Å². The molecule has 0 unspecified atom stereocenters. The van der Waals surface area contributed by atoms with E-state index >= 15 is 0 Å². The van der Waals surface area contributed by atoms with E-state index in [1.807, 2.05) is 28.8 Å². The fourth-order valence-electron chi connectivity index (χ4n) is 4.70. The highest BCUT2D eigenvalue weighted by molar-refractivity contribution is 9.10. The van der Waals surface area contributed by atoms with Crippen molar-refractivity contribution in [3.63, 3.8) is 0 Å². The van der Waals surface area contributed by atoms with Crippen LogP contribution >= 0.6 is 15.9 Å². The van der Waals surface area contributed by atoms with Crippen molar-refractivity contribution in [3.05, 3.63) is 76.6 Å². The molecular weight excluding hydrogens is 537 g/mol. The second-order valence-corrected chi connectivity index (χ2v) is 11.8. The smallest absolute Gasteiger partial charge is 0.343 e. The molecule has 0 fully saturated rings. The van der Waals surface area contributed by atoms with Crippen molar-refractivity contribution in [3.8, 4) is 22.8 Å². The van der Waals surface area contributed by atoms with Crippen molar-refractivity contribution >= 4 is 33.4 Å². The minimum atomic E-state index is -0.672. The number of nitrogens with one attached hydrogen (secondary N) is 1. The number of anilines is 1. The minimum Gasteiger partial charge on any atom is -0.493 e. The summed E-state index contributed by atoms with van der Waals surface area (Å²) < 4.78 is 27.6. The van der Waals surface area contributed by atoms with E-state index in [4.69, 9.17) is 14.5 Å². The lowest BCUT2D eigenvalue weighted by Gasteiger charge is -2.34. The monoisotopic (exact) mass is 567 g/mol. The van der Waals surface area contributed by atoms with E-state index in [1.54, 1.807) is 12.1 Å². The average Bonchev–Trinajstić information content (AvgIpc) is 3.14. The van der Waals surface area contributed by atoms with Gasteiger partial charge in [-0.05, 0) is 90.1 Å². The quantitative estimate of drug-likeness (QED) is 0.182. The molecular formula is C29H31BrFN3O3. The molecule has 0 spiro atoms. The molecule has 4 rings (SSSR count). The van der Waals surface area contributed by atoms with Crippen LogP contribution in [0.15, 0.2) is 65.3 Å². The van der Waals surface area contributed by atoms with Gasteiger partial charge in [0.1, 0.15) is 23.0 Å². The highest BCUT2D eigenvalue weighted by Crippen LogP contribution is 2.38. The average molecular weight is 568 g/mol. The Labute approximate surface area is 225 Å². The second-order valence-electron chi connectivity index (χ2n) is 10.9. The summed E-state index contributed by atoms with van der Waals surface area (Å²) in [6, 6.07) is 14.5. The Morgan fingerprint density at radius 1 is 1.05 bits per heavy atom. The third-order valence-corrected chi connectivity index (χ3v) is 6.18. The number of esters is 1. The lowest BCUT2D eigenvalue weighted by molar-refractivity contribution is 0.0729. The van der Waals surface area contributed by atoms with Crippen LogP contribution < -0.4 is 14.8 Å². The van der Waals surface area contributed by atoms with Crippen LogP contribution in [0.5, 0.6) is 11.5 Å². The molecule has 1 N–H and O–H groups in total. The first-order valence-corrected chi connectivity index (χ1v) is 12.8. The topological polar surface area (TPSA) is 64.9 Å². The van der Waals surface area contributed by atoms with Crippen molar-refractivity contribution in [2.24, 2.45) is 5.41 Å². The van der Waals surface area contributed by atoms with Crippen LogP contribution in [-0.2, 0) is 0 Å². The van der Waals surface area contributed by atoms with Crippen molar-refractivity contribution in [1.29, 1.82) is 0 Å². The number of halogens is 2. The van der Waals surface area contributed by atoms with Gasteiger partial charge in [-0.25, -0.2) is 14.2 Å². The SMILES string of the molecule is COc1cc(-c2nc3ccc(Br)cn3c2NC(C)(C)CC(C)(C)C)ccc1OC(=O)c1cccc(F)c1. The van der Waals surface area contributed by atoms with Crippen LogP contribution in [0.1, 0.15) is 51.4 Å². The summed E-state index contributed by atoms with van der Waals surface area (Å²) in [5, 5.41) is 3.72. The zero-order valence-electron chi connectivity index (χ0n) is 21.9. The summed E-state index contributed by atoms with van der Waals surface area (Å²) in [6.07, 6.45) is 2.91. The van der Waals surface area contributed by atoms with E-state index in [-0.39, 0.29) is 22.3 Å². The lowest BCUT2D eigenvalue weighted by atomic mass is 9.82. The third-order valence-electron chi connectivity index (χ3n) is 5.71. The maximum absolute atomic E-state index is 13.6. The molecule has 6 nitrogen and oxygen atoms in total. The predicted octanol–water partition coefficient (Wildman–Crippen LogP) is 7.76. The second kappa shape index (κ2) is 10.2. The molecule has 0 atom stereocenters. The van der Waals surface area contributed by atoms with Gasteiger partial charge in [0.2, 0.25) is 0 Å². The van der Waals surface area contributed by atoms with Gasteiger partial charge in [0.05, 0.1) is 12.7 Å². The predicted molar refractivity (Wildman–Crippen MR) is 148 cm³/mol. The van der Waals surface area contributed by atoms with Gasteiger partial charge in [0.15, 0.2) is 11.5 Å². The van der Waals surface area contributed by atoms with Gasteiger partial charge < -0.3 is 14.8 Å². The van der Waals surface area contributed by atoms with Crippen LogP contribution in [0, 0.1) is 11.2 Å². The maximum atomic E-state index is 13.6. The molecule has 0 saturated heterocycles. The largest absolute Gasteiger partial charge is 0.493 e. The number of benzene rings is 2. The molecule has 8 heteroatoms. The van der Waals surface area contributed by atoms with Crippen molar-refractivity contribution < 1.29 is 18.7 Å². The first-order valence-electron chi connectivity index (χ1n) is 12.0. The molecule has 4 aromatic rings. The Kier molecular flexibility index (Phi) is 7.33. The molecule has 0 aliphatic heterocycles. The first kappa shape index (κ1) is 26.7. The Hall–Kier alpha value is -3.39. The Balaban J connectivity index is 1.74. The summed E-state index contributed by atoms with van der Waals surface area (Å²) in [5.41, 5.74) is 2.32. The third kappa shape index (κ3) is 6.31. The zero-order valence-corrected chi connectivity index (χ0v) is 23.4. The fraction of sp³-hybridized carbons (Fsp3) is 0.310. The number of ether oxygens (including phenoxy) is 2. The Morgan fingerprint density at radius 3 is 2.49 bits per heavy atom. The lowest BCUT2D eigenvalue weighted by Crippen LogP contribution is -2.36. The molecule has 37 heavy (non-hydrogen) atoms. The van der Waals surface area contributed by atoms with E-state index < -0.39 is 11.8 Å². The number of aromatic nitrogens is 2. The number of carbonyl (C=O) groups is 1. The number of fused-ring (bicyclic) bond motifs is 1. The first-order chi connectivity index (χ1) is 17.3. The van der Waals surface area contributed by atoms with E-state index in [2.05, 4.69) is 55.9 Å². The summed E-state index contributed by atoms with van der Waals surface area (Å²) in [5.74, 6) is 0.256. The number of imidazole rings is 1. The molecule has 0 aliphatic rings. The Bertz CT molecular complexity index is 1460.